The van der Waals surface area contributed by atoms with Crippen molar-refractivity contribution in [2.45, 2.75) is 25.9 Å². The minimum Gasteiger partial charge on any atom is -0.310 e. The summed E-state index contributed by atoms with van der Waals surface area (Å²) in [5.41, 5.74) is 12.1. The molecule has 0 amide bonds. The fourth-order valence-electron chi connectivity index (χ4n) is 1.11. The van der Waals surface area contributed by atoms with Gasteiger partial charge in [-0.1, -0.05) is 26.0 Å². The van der Waals surface area contributed by atoms with E-state index in [1.165, 1.54) is 5.57 Å². The van der Waals surface area contributed by atoms with Crippen LogP contribution in [0.4, 0.5) is 0 Å². The minimum absolute atomic E-state index is 0.572. The van der Waals surface area contributed by atoms with E-state index in [1.54, 1.807) is 0 Å². The Hall–Kier alpha value is -0.600. The van der Waals surface area contributed by atoms with E-state index in [9.17, 15) is 0 Å². The average Bonchev–Trinajstić information content (AvgIpc) is 1.86. The van der Waals surface area contributed by atoms with Crippen LogP contribution in [-0.2, 0) is 0 Å². The lowest BCUT2D eigenvalue weighted by Crippen LogP contribution is -2.47. The smallest absolute Gasteiger partial charge is 0.0867 e. The molecular weight excluding hydrogens is 136 g/mol. The van der Waals surface area contributed by atoms with Crippen LogP contribution in [0.25, 0.3) is 0 Å². The summed E-state index contributed by atoms with van der Waals surface area (Å²) >= 11 is 0. The molecule has 0 radical (unpaired) electrons. The fraction of sp³-hybridized carbons (Fsp3) is 0.556. The second kappa shape index (κ2) is 2.80. The van der Waals surface area contributed by atoms with Gasteiger partial charge >= 0.3 is 0 Å². The molecule has 0 aromatic rings. The van der Waals surface area contributed by atoms with Crippen LogP contribution < -0.4 is 11.5 Å². The Labute approximate surface area is 68.0 Å². The van der Waals surface area contributed by atoms with Gasteiger partial charge in [0, 0.05) is 6.42 Å². The summed E-state index contributed by atoms with van der Waals surface area (Å²) in [4.78, 5) is 0. The summed E-state index contributed by atoms with van der Waals surface area (Å²) < 4.78 is 0. The predicted molar refractivity (Wildman–Crippen MR) is 47.8 cm³/mol. The highest BCUT2D eigenvalue weighted by Crippen LogP contribution is 2.19. The molecule has 0 aliphatic heterocycles. The molecule has 0 spiro atoms. The molecule has 0 fully saturated rings. The Kier molecular flexibility index (Phi) is 2.16. The Morgan fingerprint density at radius 2 is 2.09 bits per heavy atom. The zero-order chi connectivity index (χ0) is 8.48. The van der Waals surface area contributed by atoms with Crippen molar-refractivity contribution >= 4 is 0 Å². The zero-order valence-corrected chi connectivity index (χ0v) is 7.17. The molecule has 0 atom stereocenters. The van der Waals surface area contributed by atoms with Gasteiger partial charge in [0.15, 0.2) is 0 Å². The van der Waals surface area contributed by atoms with E-state index >= 15 is 0 Å². The molecule has 1 aliphatic carbocycles. The quantitative estimate of drug-likeness (QED) is 0.554. The van der Waals surface area contributed by atoms with Gasteiger partial charge in [-0.15, -0.1) is 0 Å². The van der Waals surface area contributed by atoms with Gasteiger partial charge < -0.3 is 11.5 Å². The molecule has 0 saturated heterocycles. The summed E-state index contributed by atoms with van der Waals surface area (Å²) in [6.45, 7) is 4.33. The van der Waals surface area contributed by atoms with Gasteiger partial charge in [-0.05, 0) is 17.6 Å². The highest BCUT2D eigenvalue weighted by atomic mass is 14.9. The first-order valence-corrected chi connectivity index (χ1v) is 3.98. The Morgan fingerprint density at radius 1 is 1.45 bits per heavy atom. The van der Waals surface area contributed by atoms with E-state index in [-0.39, 0.29) is 0 Å². The predicted octanol–water partition coefficient (Wildman–Crippen LogP) is 1.14. The van der Waals surface area contributed by atoms with Gasteiger partial charge in [-0.2, -0.15) is 0 Å². The fourth-order valence-corrected chi connectivity index (χ4v) is 1.11. The number of rotatable bonds is 1. The first-order valence-electron chi connectivity index (χ1n) is 3.98. The molecule has 62 valence electrons. The van der Waals surface area contributed by atoms with Crippen molar-refractivity contribution in [2.24, 2.45) is 17.4 Å². The van der Waals surface area contributed by atoms with E-state index in [0.717, 1.165) is 6.42 Å². The lowest BCUT2D eigenvalue weighted by molar-refractivity contribution is 0.548. The van der Waals surface area contributed by atoms with E-state index in [0.29, 0.717) is 5.92 Å². The second-order valence-electron chi connectivity index (χ2n) is 3.51. The number of hydrogen-bond donors (Lipinski definition) is 2. The number of nitrogens with two attached hydrogens (primary N) is 2. The molecule has 0 bridgehead atoms. The van der Waals surface area contributed by atoms with Crippen molar-refractivity contribution in [1.29, 1.82) is 0 Å². The van der Waals surface area contributed by atoms with Crippen molar-refractivity contribution in [3.8, 4) is 0 Å². The van der Waals surface area contributed by atoms with Crippen LogP contribution in [0.1, 0.15) is 20.3 Å². The van der Waals surface area contributed by atoms with Gasteiger partial charge in [-0.25, -0.2) is 0 Å². The highest BCUT2D eigenvalue weighted by Gasteiger charge is 2.17. The average molecular weight is 152 g/mol. The lowest BCUT2D eigenvalue weighted by Gasteiger charge is -2.23. The molecule has 11 heavy (non-hydrogen) atoms. The molecule has 1 aliphatic rings. The molecule has 1 rings (SSSR count). The van der Waals surface area contributed by atoms with Crippen LogP contribution in [0.2, 0.25) is 0 Å². The molecule has 0 heterocycles. The molecule has 4 N–H and O–H groups in total. The van der Waals surface area contributed by atoms with Crippen molar-refractivity contribution in [3.05, 3.63) is 23.8 Å². The van der Waals surface area contributed by atoms with Crippen LogP contribution in [0.3, 0.4) is 0 Å². The SMILES string of the molecule is CC(C)C1=CCC(N)(N)C=C1. The summed E-state index contributed by atoms with van der Waals surface area (Å²) in [5.74, 6) is 0.572. The standard InChI is InChI=1S/C9H16N2/c1-7(2)8-3-5-9(10,11)6-4-8/h3-5,7H,6,10-11H2,1-2H3. The molecule has 0 aromatic carbocycles. The zero-order valence-electron chi connectivity index (χ0n) is 7.17. The third kappa shape index (κ3) is 2.17. The second-order valence-corrected chi connectivity index (χ2v) is 3.51. The van der Waals surface area contributed by atoms with Crippen molar-refractivity contribution in [2.75, 3.05) is 0 Å². The van der Waals surface area contributed by atoms with E-state index < -0.39 is 5.66 Å². The van der Waals surface area contributed by atoms with Crippen molar-refractivity contribution < 1.29 is 0 Å². The maximum absolute atomic E-state index is 5.69. The first-order chi connectivity index (χ1) is 5.01. The van der Waals surface area contributed by atoms with Crippen molar-refractivity contribution in [3.63, 3.8) is 0 Å². The Bertz CT molecular complexity index is 200. The lowest BCUT2D eigenvalue weighted by atomic mass is 9.92. The van der Waals surface area contributed by atoms with Gasteiger partial charge in [0.2, 0.25) is 0 Å². The third-order valence-electron chi connectivity index (χ3n) is 1.94. The maximum atomic E-state index is 5.69. The van der Waals surface area contributed by atoms with Gasteiger partial charge in [0.25, 0.3) is 0 Å². The summed E-state index contributed by atoms with van der Waals surface area (Å²) in [5, 5.41) is 0. The Balaban J connectivity index is 2.68. The van der Waals surface area contributed by atoms with Crippen LogP contribution in [0.15, 0.2) is 23.8 Å². The van der Waals surface area contributed by atoms with Crippen molar-refractivity contribution in [1.82, 2.24) is 0 Å². The molecule has 0 saturated carbocycles. The van der Waals surface area contributed by atoms with Crippen LogP contribution in [0, 0.1) is 5.92 Å². The van der Waals surface area contributed by atoms with Crippen LogP contribution >= 0.6 is 0 Å². The van der Waals surface area contributed by atoms with Crippen LogP contribution in [0.5, 0.6) is 0 Å². The normalized spacial score (nSPS) is 22.1. The minimum atomic E-state index is -0.613. The largest absolute Gasteiger partial charge is 0.310 e. The van der Waals surface area contributed by atoms with Gasteiger partial charge in [0.05, 0.1) is 5.66 Å². The Morgan fingerprint density at radius 3 is 2.45 bits per heavy atom. The van der Waals surface area contributed by atoms with Crippen LogP contribution in [-0.4, -0.2) is 5.66 Å². The molecule has 2 heteroatoms. The highest BCUT2D eigenvalue weighted by molar-refractivity contribution is 5.29. The van der Waals surface area contributed by atoms with Gasteiger partial charge in [-0.3, -0.25) is 0 Å². The molecule has 0 unspecified atom stereocenters. The first kappa shape index (κ1) is 8.50. The summed E-state index contributed by atoms with van der Waals surface area (Å²) in [6, 6.07) is 0. The molecular formula is C9H16N2. The summed E-state index contributed by atoms with van der Waals surface area (Å²) in [7, 11) is 0. The third-order valence-corrected chi connectivity index (χ3v) is 1.94. The van der Waals surface area contributed by atoms with Gasteiger partial charge in [0.1, 0.15) is 0 Å². The molecule has 0 aromatic heterocycles. The topological polar surface area (TPSA) is 52.0 Å². The summed E-state index contributed by atoms with van der Waals surface area (Å²) in [6.07, 6.45) is 6.76. The van der Waals surface area contributed by atoms with E-state index in [2.05, 4.69) is 19.9 Å². The molecule has 2 nitrogen and oxygen atoms in total. The van der Waals surface area contributed by atoms with E-state index in [1.807, 2.05) is 12.2 Å². The number of allylic oxidation sites excluding steroid dienone is 2. The van der Waals surface area contributed by atoms with E-state index in [4.69, 9.17) is 11.5 Å². The number of hydrogen-bond acceptors (Lipinski definition) is 2. The monoisotopic (exact) mass is 152 g/mol. The maximum Gasteiger partial charge on any atom is 0.0867 e.